The first-order chi connectivity index (χ1) is 4.95. The van der Waals surface area contributed by atoms with Crippen molar-refractivity contribution in [3.63, 3.8) is 0 Å². The van der Waals surface area contributed by atoms with Crippen molar-refractivity contribution in [2.45, 2.75) is 12.8 Å². The zero-order chi connectivity index (χ0) is 6.81. The molecule has 2 fully saturated rings. The first-order valence-electron chi connectivity index (χ1n) is 4.23. The van der Waals surface area contributed by atoms with Gasteiger partial charge in [-0.25, -0.2) is 0 Å². The van der Waals surface area contributed by atoms with Gasteiger partial charge in [-0.2, -0.15) is 0 Å². The first kappa shape index (κ1) is 6.62. The average Bonchev–Trinajstić information content (AvgIpc) is 2.58. The summed E-state index contributed by atoms with van der Waals surface area (Å²) in [7, 11) is 0. The van der Waals surface area contributed by atoms with Crippen molar-refractivity contribution in [2.24, 2.45) is 11.8 Å². The van der Waals surface area contributed by atoms with Crippen molar-refractivity contribution < 1.29 is 4.74 Å². The van der Waals surface area contributed by atoms with Gasteiger partial charge in [0.05, 0.1) is 6.61 Å². The standard InChI is InChI=1S/C8H15NO/c1-2-7(1)5-10-6-8-3-9-4-8/h7-9H,1-6H2. The normalized spacial score (nSPS) is 26.4. The largest absolute Gasteiger partial charge is 0.381 e. The van der Waals surface area contributed by atoms with E-state index in [-0.39, 0.29) is 0 Å². The Morgan fingerprint density at radius 3 is 2.30 bits per heavy atom. The average molecular weight is 141 g/mol. The van der Waals surface area contributed by atoms with Gasteiger partial charge in [0.25, 0.3) is 0 Å². The van der Waals surface area contributed by atoms with Crippen molar-refractivity contribution >= 4 is 0 Å². The van der Waals surface area contributed by atoms with Crippen LogP contribution >= 0.6 is 0 Å². The molecule has 10 heavy (non-hydrogen) atoms. The maximum Gasteiger partial charge on any atom is 0.0518 e. The lowest BCUT2D eigenvalue weighted by molar-refractivity contribution is 0.0731. The van der Waals surface area contributed by atoms with E-state index in [0.717, 1.165) is 25.0 Å². The number of ether oxygens (including phenoxy) is 1. The van der Waals surface area contributed by atoms with Gasteiger partial charge in [0.1, 0.15) is 0 Å². The van der Waals surface area contributed by atoms with E-state index in [0.29, 0.717) is 0 Å². The summed E-state index contributed by atoms with van der Waals surface area (Å²) >= 11 is 0. The highest BCUT2D eigenvalue weighted by Crippen LogP contribution is 2.28. The molecule has 2 nitrogen and oxygen atoms in total. The second-order valence-corrected chi connectivity index (χ2v) is 3.51. The molecule has 2 rings (SSSR count). The SMILES string of the molecule is C1CC1COCC1CNC1. The Bertz CT molecular complexity index is 108. The quantitative estimate of drug-likeness (QED) is 0.620. The Morgan fingerprint density at radius 2 is 1.80 bits per heavy atom. The van der Waals surface area contributed by atoms with E-state index in [9.17, 15) is 0 Å². The van der Waals surface area contributed by atoms with E-state index in [1.54, 1.807) is 0 Å². The van der Waals surface area contributed by atoms with Crippen LogP contribution in [0.2, 0.25) is 0 Å². The fourth-order valence-corrected chi connectivity index (χ4v) is 1.15. The summed E-state index contributed by atoms with van der Waals surface area (Å²) < 4.78 is 5.52. The summed E-state index contributed by atoms with van der Waals surface area (Å²) in [6.45, 7) is 4.36. The zero-order valence-corrected chi connectivity index (χ0v) is 6.31. The summed E-state index contributed by atoms with van der Waals surface area (Å²) in [4.78, 5) is 0. The maximum absolute atomic E-state index is 5.52. The second kappa shape index (κ2) is 2.89. The van der Waals surface area contributed by atoms with Gasteiger partial charge >= 0.3 is 0 Å². The molecule has 1 heterocycles. The minimum Gasteiger partial charge on any atom is -0.381 e. The number of hydrogen-bond acceptors (Lipinski definition) is 2. The monoisotopic (exact) mass is 141 g/mol. The van der Waals surface area contributed by atoms with Crippen LogP contribution in [0.4, 0.5) is 0 Å². The van der Waals surface area contributed by atoms with Crippen LogP contribution in [0.1, 0.15) is 12.8 Å². The molecule has 0 aromatic rings. The van der Waals surface area contributed by atoms with Crippen molar-refractivity contribution in [3.05, 3.63) is 0 Å². The molecule has 2 aliphatic rings. The van der Waals surface area contributed by atoms with Crippen molar-refractivity contribution in [3.8, 4) is 0 Å². The molecule has 1 aliphatic heterocycles. The highest BCUT2D eigenvalue weighted by Gasteiger charge is 2.22. The minimum atomic E-state index is 0.818. The van der Waals surface area contributed by atoms with Gasteiger partial charge in [0, 0.05) is 25.6 Å². The molecule has 1 N–H and O–H groups in total. The van der Waals surface area contributed by atoms with Gasteiger partial charge < -0.3 is 10.1 Å². The molecule has 0 spiro atoms. The van der Waals surface area contributed by atoms with Crippen LogP contribution in [-0.4, -0.2) is 26.3 Å². The molecule has 0 atom stereocenters. The van der Waals surface area contributed by atoms with Gasteiger partial charge in [0.15, 0.2) is 0 Å². The van der Waals surface area contributed by atoms with Crippen LogP contribution in [-0.2, 0) is 4.74 Å². The molecular weight excluding hydrogens is 126 g/mol. The van der Waals surface area contributed by atoms with Crippen LogP contribution in [0.3, 0.4) is 0 Å². The van der Waals surface area contributed by atoms with E-state index >= 15 is 0 Å². The number of hydrogen-bond donors (Lipinski definition) is 1. The molecule has 1 saturated heterocycles. The summed E-state index contributed by atoms with van der Waals surface area (Å²) in [6.07, 6.45) is 2.81. The van der Waals surface area contributed by atoms with Gasteiger partial charge in [-0.1, -0.05) is 0 Å². The Hall–Kier alpha value is -0.0800. The third kappa shape index (κ3) is 1.70. The predicted octanol–water partition coefficient (Wildman–Crippen LogP) is 0.632. The zero-order valence-electron chi connectivity index (χ0n) is 6.31. The molecule has 58 valence electrons. The molecular formula is C8H15NO. The molecule has 0 aromatic carbocycles. The minimum absolute atomic E-state index is 0.818. The number of nitrogens with one attached hydrogen (secondary N) is 1. The van der Waals surface area contributed by atoms with Crippen LogP contribution in [0.5, 0.6) is 0 Å². The van der Waals surface area contributed by atoms with Crippen molar-refractivity contribution in [1.82, 2.24) is 5.32 Å². The summed E-state index contributed by atoms with van der Waals surface area (Å²) in [6, 6.07) is 0. The highest BCUT2D eigenvalue weighted by molar-refractivity contribution is 4.75. The molecule has 1 saturated carbocycles. The first-order valence-corrected chi connectivity index (χ1v) is 4.23. The lowest BCUT2D eigenvalue weighted by Gasteiger charge is -2.26. The van der Waals surface area contributed by atoms with E-state index in [1.165, 1.54) is 25.9 Å². The Kier molecular flexibility index (Phi) is 1.91. The van der Waals surface area contributed by atoms with Gasteiger partial charge in [-0.3, -0.25) is 0 Å². The van der Waals surface area contributed by atoms with Crippen LogP contribution in [0.25, 0.3) is 0 Å². The van der Waals surface area contributed by atoms with Crippen molar-refractivity contribution in [2.75, 3.05) is 26.3 Å². The Balaban J connectivity index is 1.46. The fourth-order valence-electron chi connectivity index (χ4n) is 1.15. The third-order valence-corrected chi connectivity index (χ3v) is 2.27. The van der Waals surface area contributed by atoms with Gasteiger partial charge in [0.2, 0.25) is 0 Å². The topological polar surface area (TPSA) is 21.3 Å². The fraction of sp³-hybridized carbons (Fsp3) is 1.00. The van der Waals surface area contributed by atoms with Crippen LogP contribution in [0.15, 0.2) is 0 Å². The summed E-state index contributed by atoms with van der Waals surface area (Å²) in [5.41, 5.74) is 0. The van der Waals surface area contributed by atoms with E-state index in [1.807, 2.05) is 0 Å². The number of rotatable bonds is 4. The smallest absolute Gasteiger partial charge is 0.0518 e. The van der Waals surface area contributed by atoms with E-state index in [2.05, 4.69) is 5.32 Å². The lowest BCUT2D eigenvalue weighted by Crippen LogP contribution is -2.44. The Labute approximate surface area is 61.9 Å². The Morgan fingerprint density at radius 1 is 1.10 bits per heavy atom. The molecule has 0 radical (unpaired) electrons. The van der Waals surface area contributed by atoms with Gasteiger partial charge in [-0.05, 0) is 18.8 Å². The molecule has 2 heteroatoms. The second-order valence-electron chi connectivity index (χ2n) is 3.51. The summed E-state index contributed by atoms with van der Waals surface area (Å²) in [5, 5.41) is 3.23. The molecule has 0 bridgehead atoms. The van der Waals surface area contributed by atoms with E-state index in [4.69, 9.17) is 4.74 Å². The van der Waals surface area contributed by atoms with Crippen LogP contribution < -0.4 is 5.32 Å². The van der Waals surface area contributed by atoms with Crippen LogP contribution in [0, 0.1) is 11.8 Å². The summed E-state index contributed by atoms with van der Waals surface area (Å²) in [5.74, 6) is 1.74. The van der Waals surface area contributed by atoms with E-state index < -0.39 is 0 Å². The molecule has 1 aliphatic carbocycles. The lowest BCUT2D eigenvalue weighted by atomic mass is 10.1. The highest BCUT2D eigenvalue weighted by atomic mass is 16.5. The molecule has 0 aromatic heterocycles. The van der Waals surface area contributed by atoms with Crippen molar-refractivity contribution in [1.29, 1.82) is 0 Å². The maximum atomic E-state index is 5.52. The predicted molar refractivity (Wildman–Crippen MR) is 39.9 cm³/mol. The molecule has 0 amide bonds. The molecule has 0 unspecified atom stereocenters. The van der Waals surface area contributed by atoms with Gasteiger partial charge in [-0.15, -0.1) is 0 Å². The third-order valence-electron chi connectivity index (χ3n) is 2.27.